The first-order valence-electron chi connectivity index (χ1n) is 9.82. The average Bonchev–Trinajstić information content (AvgIpc) is 2.69. The highest BCUT2D eigenvalue weighted by Crippen LogP contribution is 2.39. The number of amides is 1. The van der Waals surface area contributed by atoms with Crippen LogP contribution in [0.1, 0.15) is 38.3 Å². The van der Waals surface area contributed by atoms with Crippen molar-refractivity contribution in [1.82, 2.24) is 0 Å². The molecule has 0 saturated heterocycles. The van der Waals surface area contributed by atoms with E-state index in [9.17, 15) is 13.2 Å². The summed E-state index contributed by atoms with van der Waals surface area (Å²) in [6.07, 6.45) is 1.26. The SMILES string of the molecule is CCC(=O)N1c2ccccc2[C@H](Nc2ccc(NS(=O)(=O)CCN)cc2)C[C@@H]1C. The van der Waals surface area contributed by atoms with Gasteiger partial charge in [0.1, 0.15) is 0 Å². The van der Waals surface area contributed by atoms with Crippen LogP contribution in [-0.2, 0) is 14.8 Å². The number of nitrogens with one attached hydrogen (secondary N) is 2. The summed E-state index contributed by atoms with van der Waals surface area (Å²) in [4.78, 5) is 14.3. The van der Waals surface area contributed by atoms with E-state index in [1.807, 2.05) is 48.2 Å². The number of carbonyl (C=O) groups excluding carboxylic acids is 1. The quantitative estimate of drug-likeness (QED) is 0.643. The summed E-state index contributed by atoms with van der Waals surface area (Å²) in [5.74, 6) is 0.00834. The lowest BCUT2D eigenvalue weighted by molar-refractivity contribution is -0.118. The average molecular weight is 417 g/mol. The van der Waals surface area contributed by atoms with Crippen LogP contribution in [-0.4, -0.2) is 32.7 Å². The van der Waals surface area contributed by atoms with Crippen LogP contribution in [0.15, 0.2) is 48.5 Å². The number of nitrogens with two attached hydrogens (primary N) is 1. The summed E-state index contributed by atoms with van der Waals surface area (Å²) in [6.45, 7) is 4.02. The maximum Gasteiger partial charge on any atom is 0.233 e. The number of hydrogen-bond donors (Lipinski definition) is 3. The van der Waals surface area contributed by atoms with Gasteiger partial charge in [-0.25, -0.2) is 8.42 Å². The van der Waals surface area contributed by atoms with E-state index >= 15 is 0 Å². The molecule has 0 aliphatic carbocycles. The van der Waals surface area contributed by atoms with Gasteiger partial charge in [0, 0.05) is 36.1 Å². The Kier molecular flexibility index (Phi) is 6.44. The van der Waals surface area contributed by atoms with E-state index in [2.05, 4.69) is 17.0 Å². The molecule has 0 unspecified atom stereocenters. The largest absolute Gasteiger partial charge is 0.378 e. The predicted molar refractivity (Wildman–Crippen MR) is 118 cm³/mol. The van der Waals surface area contributed by atoms with Crippen LogP contribution in [0.5, 0.6) is 0 Å². The van der Waals surface area contributed by atoms with Crippen molar-refractivity contribution in [1.29, 1.82) is 0 Å². The first-order chi connectivity index (χ1) is 13.8. The molecular formula is C21H28N4O3S. The normalized spacial score (nSPS) is 18.8. The number of para-hydroxylation sites is 1. The number of nitrogens with zero attached hydrogens (tertiary/aromatic N) is 1. The van der Waals surface area contributed by atoms with Crippen LogP contribution < -0.4 is 20.7 Å². The van der Waals surface area contributed by atoms with Gasteiger partial charge < -0.3 is 16.0 Å². The number of fused-ring (bicyclic) bond motifs is 1. The van der Waals surface area contributed by atoms with Crippen LogP contribution in [0.4, 0.5) is 17.1 Å². The number of carbonyl (C=O) groups is 1. The Balaban J connectivity index is 1.79. The fourth-order valence-electron chi connectivity index (χ4n) is 3.72. The van der Waals surface area contributed by atoms with Crippen molar-refractivity contribution in [3.8, 4) is 0 Å². The molecule has 8 heteroatoms. The van der Waals surface area contributed by atoms with Crippen molar-refractivity contribution >= 4 is 33.0 Å². The zero-order valence-corrected chi connectivity index (χ0v) is 17.6. The summed E-state index contributed by atoms with van der Waals surface area (Å²) in [5.41, 5.74) is 8.74. The second-order valence-corrected chi connectivity index (χ2v) is 9.09. The maximum absolute atomic E-state index is 12.4. The Morgan fingerprint density at radius 2 is 1.79 bits per heavy atom. The van der Waals surface area contributed by atoms with Crippen molar-refractivity contribution in [3.63, 3.8) is 0 Å². The van der Waals surface area contributed by atoms with Crippen molar-refractivity contribution in [3.05, 3.63) is 54.1 Å². The molecule has 0 bridgehead atoms. The highest BCUT2D eigenvalue weighted by atomic mass is 32.2. The third-order valence-electron chi connectivity index (χ3n) is 5.05. The van der Waals surface area contributed by atoms with Crippen molar-refractivity contribution < 1.29 is 13.2 Å². The van der Waals surface area contributed by atoms with Crippen LogP contribution in [0.2, 0.25) is 0 Å². The molecule has 0 spiro atoms. The Hall–Kier alpha value is -2.58. The maximum atomic E-state index is 12.4. The zero-order chi connectivity index (χ0) is 21.0. The van der Waals surface area contributed by atoms with Crippen LogP contribution in [0, 0.1) is 0 Å². The second-order valence-electron chi connectivity index (χ2n) is 7.24. The molecule has 0 radical (unpaired) electrons. The number of benzene rings is 2. The van der Waals surface area contributed by atoms with E-state index in [0.29, 0.717) is 12.1 Å². The van der Waals surface area contributed by atoms with Crippen molar-refractivity contribution in [2.45, 2.75) is 38.8 Å². The molecule has 7 nitrogen and oxygen atoms in total. The molecule has 0 aromatic heterocycles. The van der Waals surface area contributed by atoms with E-state index < -0.39 is 10.0 Å². The molecule has 2 aromatic rings. The summed E-state index contributed by atoms with van der Waals surface area (Å²) < 4.78 is 26.2. The van der Waals surface area contributed by atoms with Gasteiger partial charge in [0.15, 0.2) is 0 Å². The van der Waals surface area contributed by atoms with E-state index in [-0.39, 0.29) is 30.3 Å². The number of rotatable bonds is 7. The Morgan fingerprint density at radius 1 is 1.14 bits per heavy atom. The standard InChI is InChI=1S/C21H28N4O3S/c1-3-21(26)25-15(2)14-19(18-6-4-5-7-20(18)25)23-16-8-10-17(11-9-16)24-29(27,28)13-12-22/h4-11,15,19,23-24H,3,12-14,22H2,1-2H3/t15-,19+/m0/s1. The van der Waals surface area contributed by atoms with E-state index in [1.165, 1.54) is 0 Å². The molecule has 1 heterocycles. The van der Waals surface area contributed by atoms with Gasteiger partial charge in [-0.05, 0) is 49.2 Å². The molecule has 1 aliphatic heterocycles. The van der Waals surface area contributed by atoms with Crippen LogP contribution in [0.25, 0.3) is 0 Å². The first-order valence-corrected chi connectivity index (χ1v) is 11.5. The predicted octanol–water partition coefficient (Wildman–Crippen LogP) is 3.08. The Labute approximate surface area is 172 Å². The Bertz CT molecular complexity index is 960. The lowest BCUT2D eigenvalue weighted by Crippen LogP contribution is -2.44. The fourth-order valence-corrected chi connectivity index (χ4v) is 4.63. The van der Waals surface area contributed by atoms with Gasteiger partial charge in [0.25, 0.3) is 0 Å². The van der Waals surface area contributed by atoms with Gasteiger partial charge in [0.05, 0.1) is 11.8 Å². The van der Waals surface area contributed by atoms with Gasteiger partial charge in [-0.3, -0.25) is 9.52 Å². The summed E-state index contributed by atoms with van der Waals surface area (Å²) >= 11 is 0. The summed E-state index contributed by atoms with van der Waals surface area (Å²) in [5, 5.41) is 3.52. The summed E-state index contributed by atoms with van der Waals surface area (Å²) in [6, 6.07) is 15.2. The second kappa shape index (κ2) is 8.84. The van der Waals surface area contributed by atoms with E-state index in [1.54, 1.807) is 12.1 Å². The molecule has 3 rings (SSSR count). The molecule has 2 atom stereocenters. The smallest absolute Gasteiger partial charge is 0.233 e. The first kappa shape index (κ1) is 21.1. The monoisotopic (exact) mass is 416 g/mol. The van der Waals surface area contributed by atoms with Crippen molar-refractivity contribution in [2.24, 2.45) is 5.73 Å². The fraction of sp³-hybridized carbons (Fsp3) is 0.381. The lowest BCUT2D eigenvalue weighted by atomic mass is 9.91. The highest BCUT2D eigenvalue weighted by Gasteiger charge is 2.32. The van der Waals surface area contributed by atoms with Gasteiger partial charge in [0.2, 0.25) is 15.9 Å². The summed E-state index contributed by atoms with van der Waals surface area (Å²) in [7, 11) is -3.42. The minimum Gasteiger partial charge on any atom is -0.378 e. The van der Waals surface area contributed by atoms with Gasteiger partial charge in [-0.2, -0.15) is 0 Å². The molecule has 0 saturated carbocycles. The molecule has 4 N–H and O–H groups in total. The van der Waals surface area contributed by atoms with Gasteiger partial charge in [-0.15, -0.1) is 0 Å². The topological polar surface area (TPSA) is 105 Å². The molecule has 0 fully saturated rings. The minimum absolute atomic E-state index is 0.0573. The highest BCUT2D eigenvalue weighted by molar-refractivity contribution is 7.92. The molecule has 1 amide bonds. The molecule has 29 heavy (non-hydrogen) atoms. The molecular weight excluding hydrogens is 388 g/mol. The molecule has 156 valence electrons. The molecule has 2 aromatic carbocycles. The lowest BCUT2D eigenvalue weighted by Gasteiger charge is -2.40. The number of sulfonamides is 1. The van der Waals surface area contributed by atoms with E-state index in [0.717, 1.165) is 23.4 Å². The van der Waals surface area contributed by atoms with E-state index in [4.69, 9.17) is 5.73 Å². The third kappa shape index (κ3) is 4.89. The van der Waals surface area contributed by atoms with Gasteiger partial charge >= 0.3 is 0 Å². The minimum atomic E-state index is -3.42. The number of hydrogen-bond acceptors (Lipinski definition) is 5. The van der Waals surface area contributed by atoms with Crippen LogP contribution >= 0.6 is 0 Å². The molecule has 1 aliphatic rings. The third-order valence-corrected chi connectivity index (χ3v) is 6.37. The van der Waals surface area contributed by atoms with Crippen molar-refractivity contribution in [2.75, 3.05) is 27.2 Å². The Morgan fingerprint density at radius 3 is 2.45 bits per heavy atom. The number of anilines is 3. The zero-order valence-electron chi connectivity index (χ0n) is 16.8. The van der Waals surface area contributed by atoms with Gasteiger partial charge in [-0.1, -0.05) is 25.1 Å². The van der Waals surface area contributed by atoms with Crippen LogP contribution in [0.3, 0.4) is 0 Å².